The molecule has 0 spiro atoms. The first kappa shape index (κ1) is 17.9. The van der Waals surface area contributed by atoms with Crippen molar-refractivity contribution in [2.45, 2.75) is 71.6 Å². The van der Waals surface area contributed by atoms with Gasteiger partial charge in [0.2, 0.25) is 0 Å². The van der Waals surface area contributed by atoms with E-state index in [2.05, 4.69) is 6.92 Å². The summed E-state index contributed by atoms with van der Waals surface area (Å²) < 4.78 is 5.39. The van der Waals surface area contributed by atoms with E-state index >= 15 is 0 Å². The van der Waals surface area contributed by atoms with Crippen molar-refractivity contribution in [1.29, 1.82) is 0 Å². The first-order valence-electron chi connectivity index (χ1n) is 8.96. The second-order valence-electron chi connectivity index (χ2n) is 7.14. The lowest BCUT2D eigenvalue weighted by Crippen LogP contribution is -2.20. The number of esters is 1. The normalized spacial score (nSPS) is 27.9. The molecule has 0 amide bonds. The number of hydrogen-bond acceptors (Lipinski definition) is 4. The van der Waals surface area contributed by atoms with Gasteiger partial charge in [-0.25, -0.2) is 0 Å². The number of allylic oxidation sites excluding steroid dienone is 2. The summed E-state index contributed by atoms with van der Waals surface area (Å²) in [7, 11) is 0. The molecule has 0 saturated heterocycles. The van der Waals surface area contributed by atoms with Crippen LogP contribution >= 0.6 is 0 Å². The molecule has 0 aromatic carbocycles. The summed E-state index contributed by atoms with van der Waals surface area (Å²) in [5, 5.41) is 0. The third-order valence-corrected chi connectivity index (χ3v) is 4.96. The van der Waals surface area contributed by atoms with Gasteiger partial charge in [-0.15, -0.1) is 0 Å². The zero-order chi connectivity index (χ0) is 16.8. The maximum absolute atomic E-state index is 12.2. The molecule has 0 radical (unpaired) electrons. The number of unbranched alkanes of at least 4 members (excludes halogenated alkanes) is 2. The molecule has 0 aromatic heterocycles. The SMILES string of the molecule is CCCCCC1C(=O)CCC1CC(=O)OC1=CC(=O)CC(C)C1. The van der Waals surface area contributed by atoms with Gasteiger partial charge in [0.05, 0.1) is 0 Å². The zero-order valence-corrected chi connectivity index (χ0v) is 14.3. The summed E-state index contributed by atoms with van der Waals surface area (Å²) in [4.78, 5) is 35.7. The molecular weight excluding hydrogens is 292 g/mol. The highest BCUT2D eigenvalue weighted by Gasteiger charge is 2.35. The van der Waals surface area contributed by atoms with Crippen LogP contribution in [0.1, 0.15) is 71.6 Å². The number of hydrogen-bond donors (Lipinski definition) is 0. The summed E-state index contributed by atoms with van der Waals surface area (Å²) >= 11 is 0. The van der Waals surface area contributed by atoms with Crippen molar-refractivity contribution >= 4 is 17.5 Å². The van der Waals surface area contributed by atoms with Crippen LogP contribution in [0.3, 0.4) is 0 Å². The molecule has 3 unspecified atom stereocenters. The first-order chi connectivity index (χ1) is 11.0. The van der Waals surface area contributed by atoms with Crippen LogP contribution in [0.25, 0.3) is 0 Å². The first-order valence-corrected chi connectivity index (χ1v) is 8.96. The minimum atomic E-state index is -0.293. The van der Waals surface area contributed by atoms with E-state index < -0.39 is 0 Å². The van der Waals surface area contributed by atoms with Crippen molar-refractivity contribution in [2.75, 3.05) is 0 Å². The predicted molar refractivity (Wildman–Crippen MR) is 87.6 cm³/mol. The van der Waals surface area contributed by atoms with Crippen molar-refractivity contribution < 1.29 is 19.1 Å². The molecule has 4 heteroatoms. The van der Waals surface area contributed by atoms with Gasteiger partial charge < -0.3 is 4.74 Å². The third-order valence-electron chi connectivity index (χ3n) is 4.96. The summed E-state index contributed by atoms with van der Waals surface area (Å²) in [5.74, 6) is 0.896. The molecule has 1 fully saturated rings. The van der Waals surface area contributed by atoms with Gasteiger partial charge in [-0.2, -0.15) is 0 Å². The fourth-order valence-electron chi connectivity index (χ4n) is 3.76. The van der Waals surface area contributed by atoms with Gasteiger partial charge in [-0.3, -0.25) is 14.4 Å². The molecule has 4 nitrogen and oxygen atoms in total. The smallest absolute Gasteiger partial charge is 0.311 e. The number of carbonyl (C=O) groups excluding carboxylic acids is 3. The molecule has 0 aromatic rings. The van der Waals surface area contributed by atoms with E-state index in [9.17, 15) is 14.4 Å². The van der Waals surface area contributed by atoms with Crippen molar-refractivity contribution in [3.05, 3.63) is 11.8 Å². The second kappa shape index (κ2) is 8.42. The Balaban J connectivity index is 1.86. The Morgan fingerprint density at radius 3 is 2.74 bits per heavy atom. The van der Waals surface area contributed by atoms with Crippen molar-refractivity contribution in [3.63, 3.8) is 0 Å². The third kappa shape index (κ3) is 5.29. The quantitative estimate of drug-likeness (QED) is 0.526. The maximum atomic E-state index is 12.2. The van der Waals surface area contributed by atoms with Gasteiger partial charge >= 0.3 is 5.97 Å². The van der Waals surface area contributed by atoms with Crippen molar-refractivity contribution in [1.82, 2.24) is 0 Å². The largest absolute Gasteiger partial charge is 0.431 e. The second-order valence-corrected chi connectivity index (χ2v) is 7.14. The molecule has 3 atom stereocenters. The van der Waals surface area contributed by atoms with E-state index in [-0.39, 0.29) is 29.5 Å². The summed E-state index contributed by atoms with van der Waals surface area (Å²) in [6.45, 7) is 4.13. The zero-order valence-electron chi connectivity index (χ0n) is 14.3. The Kier molecular flexibility index (Phi) is 6.55. The average Bonchev–Trinajstić information content (AvgIpc) is 2.79. The lowest BCUT2D eigenvalue weighted by Gasteiger charge is -2.20. The lowest BCUT2D eigenvalue weighted by atomic mass is 9.88. The van der Waals surface area contributed by atoms with Gasteiger partial charge in [-0.1, -0.05) is 33.1 Å². The molecule has 1 saturated carbocycles. The number of carbonyl (C=O) groups is 3. The van der Waals surface area contributed by atoms with E-state index in [0.717, 1.165) is 32.1 Å². The topological polar surface area (TPSA) is 60.4 Å². The average molecular weight is 320 g/mol. The summed E-state index contributed by atoms with van der Waals surface area (Å²) in [5.41, 5.74) is 0. The Bertz CT molecular complexity index is 492. The molecule has 23 heavy (non-hydrogen) atoms. The van der Waals surface area contributed by atoms with Gasteiger partial charge in [0.15, 0.2) is 5.78 Å². The minimum Gasteiger partial charge on any atom is -0.431 e. The summed E-state index contributed by atoms with van der Waals surface area (Å²) in [6, 6.07) is 0. The Morgan fingerprint density at radius 1 is 1.26 bits per heavy atom. The van der Waals surface area contributed by atoms with Crippen LogP contribution in [-0.4, -0.2) is 17.5 Å². The molecular formula is C19H28O4. The van der Waals surface area contributed by atoms with E-state index in [1.54, 1.807) is 0 Å². The minimum absolute atomic E-state index is 0.0231. The Labute approximate surface area is 138 Å². The fraction of sp³-hybridized carbons (Fsp3) is 0.737. The van der Waals surface area contributed by atoms with E-state index in [1.807, 2.05) is 6.92 Å². The predicted octanol–water partition coefficient (Wildman–Crippen LogP) is 3.98. The maximum Gasteiger partial charge on any atom is 0.311 e. The van der Waals surface area contributed by atoms with Crippen molar-refractivity contribution in [2.24, 2.45) is 17.8 Å². The molecule has 2 aliphatic rings. The van der Waals surface area contributed by atoms with E-state index in [1.165, 1.54) is 6.08 Å². The van der Waals surface area contributed by atoms with E-state index in [4.69, 9.17) is 4.74 Å². The molecule has 128 valence electrons. The number of ketones is 2. The Hall–Kier alpha value is -1.45. The summed E-state index contributed by atoms with van der Waals surface area (Å²) in [6.07, 6.45) is 8.50. The molecule has 2 rings (SSSR count). The van der Waals surface area contributed by atoms with Crippen LogP contribution in [0, 0.1) is 17.8 Å². The van der Waals surface area contributed by atoms with Crippen LogP contribution in [0.2, 0.25) is 0 Å². The van der Waals surface area contributed by atoms with Crippen LogP contribution in [0.15, 0.2) is 11.8 Å². The van der Waals surface area contributed by atoms with Gasteiger partial charge in [-0.05, 0) is 24.7 Å². The fourth-order valence-corrected chi connectivity index (χ4v) is 3.76. The molecule has 0 heterocycles. The van der Waals surface area contributed by atoms with Crippen molar-refractivity contribution in [3.8, 4) is 0 Å². The molecule has 0 bridgehead atoms. The van der Waals surface area contributed by atoms with Crippen LogP contribution < -0.4 is 0 Å². The number of Topliss-reactive ketones (excluding diaryl/α,β-unsaturated/α-hetero) is 1. The van der Waals surface area contributed by atoms with Gasteiger partial charge in [0, 0.05) is 37.7 Å². The lowest BCUT2D eigenvalue weighted by molar-refractivity contribution is -0.141. The highest BCUT2D eigenvalue weighted by Crippen LogP contribution is 2.35. The van der Waals surface area contributed by atoms with Gasteiger partial charge in [0.25, 0.3) is 0 Å². The number of rotatable bonds is 7. The Morgan fingerprint density at radius 2 is 2.04 bits per heavy atom. The van der Waals surface area contributed by atoms with Crippen LogP contribution in [-0.2, 0) is 19.1 Å². The number of ether oxygens (including phenoxy) is 1. The monoisotopic (exact) mass is 320 g/mol. The van der Waals surface area contributed by atoms with Gasteiger partial charge in [0.1, 0.15) is 11.5 Å². The van der Waals surface area contributed by atoms with Crippen LogP contribution in [0.5, 0.6) is 0 Å². The molecule has 2 aliphatic carbocycles. The van der Waals surface area contributed by atoms with Crippen LogP contribution in [0.4, 0.5) is 0 Å². The molecule has 0 aliphatic heterocycles. The highest BCUT2D eigenvalue weighted by atomic mass is 16.5. The standard InChI is InChI=1S/C19H28O4/c1-3-4-5-6-17-14(7-8-18(17)21)11-19(22)23-16-10-13(2)9-15(20)12-16/h12-14,17H,3-11H2,1-2H3. The van der Waals surface area contributed by atoms with E-state index in [0.29, 0.717) is 37.2 Å². The molecule has 0 N–H and O–H groups in total. The highest BCUT2D eigenvalue weighted by molar-refractivity contribution is 5.91.